The Labute approximate surface area is 162 Å². The Morgan fingerprint density at radius 1 is 1.20 bits per heavy atom. The molecule has 3 aliphatic rings. The van der Waals surface area contributed by atoms with E-state index in [2.05, 4.69) is 34.8 Å². The fourth-order valence-electron chi connectivity index (χ4n) is 6.57. The molecule has 3 aliphatic carbocycles. The summed E-state index contributed by atoms with van der Waals surface area (Å²) in [4.78, 5) is 2.21. The van der Waals surface area contributed by atoms with E-state index in [1.54, 1.807) is 5.57 Å². The summed E-state index contributed by atoms with van der Waals surface area (Å²) in [7, 11) is 0. The van der Waals surface area contributed by atoms with Crippen molar-refractivity contribution in [1.82, 2.24) is 0 Å². The summed E-state index contributed by atoms with van der Waals surface area (Å²) in [5.41, 5.74) is 1.30. The molecule has 0 spiro atoms. The quantitative estimate of drug-likeness (QED) is 0.584. The summed E-state index contributed by atoms with van der Waals surface area (Å²) in [6.07, 6.45) is 12.9. The van der Waals surface area contributed by atoms with Gasteiger partial charge >= 0.3 is 0 Å². The second-order valence-corrected chi connectivity index (χ2v) is 9.97. The molecule has 0 aliphatic heterocycles. The summed E-state index contributed by atoms with van der Waals surface area (Å²) < 4.78 is 0. The van der Waals surface area contributed by atoms with Gasteiger partial charge in [-0.25, -0.2) is 0 Å². The van der Waals surface area contributed by atoms with Crippen LogP contribution in [0.1, 0.15) is 90.9 Å². The van der Waals surface area contributed by atoms with Crippen molar-refractivity contribution in [2.75, 3.05) is 0 Å². The molecule has 0 saturated heterocycles. The number of halogens is 1. The lowest BCUT2D eigenvalue weighted by Crippen LogP contribution is -2.44. The van der Waals surface area contributed by atoms with Crippen LogP contribution in [-0.2, 0) is 0 Å². The minimum Gasteiger partial charge on any atom is -0.390 e. The van der Waals surface area contributed by atoms with Crippen molar-refractivity contribution < 1.29 is 10.2 Å². The van der Waals surface area contributed by atoms with Gasteiger partial charge in [0.2, 0.25) is 0 Å². The van der Waals surface area contributed by atoms with Crippen LogP contribution in [0, 0.1) is 23.2 Å². The van der Waals surface area contributed by atoms with Crippen LogP contribution in [0.5, 0.6) is 0 Å². The van der Waals surface area contributed by atoms with E-state index >= 15 is 0 Å². The maximum absolute atomic E-state index is 10.8. The Kier molecular flexibility index (Phi) is 6.38. The van der Waals surface area contributed by atoms with E-state index in [-0.39, 0.29) is 0 Å². The molecule has 0 aromatic heterocycles. The summed E-state index contributed by atoms with van der Waals surface area (Å²) in [5.74, 6) is 2.30. The molecule has 0 heterocycles. The molecule has 0 radical (unpaired) electrons. The van der Waals surface area contributed by atoms with E-state index in [1.165, 1.54) is 38.5 Å². The van der Waals surface area contributed by atoms with Gasteiger partial charge in [0, 0.05) is 0 Å². The SMILES string of the molecule is C[C@H](CCC[C@]1(O)CCCCC1O)[C@H]1CCC2C(=CBr)CCC[C@@]21C. The molecule has 0 aromatic carbocycles. The van der Waals surface area contributed by atoms with E-state index in [9.17, 15) is 10.2 Å². The first kappa shape index (κ1) is 19.9. The van der Waals surface area contributed by atoms with Crippen LogP contribution in [0.4, 0.5) is 0 Å². The molecule has 3 rings (SSSR count). The lowest BCUT2D eigenvalue weighted by molar-refractivity contribution is -0.106. The van der Waals surface area contributed by atoms with Gasteiger partial charge in [-0.05, 0) is 79.5 Å². The van der Waals surface area contributed by atoms with Gasteiger partial charge in [0.15, 0.2) is 0 Å². The molecule has 6 atom stereocenters. The average Bonchev–Trinajstić information content (AvgIpc) is 2.94. The monoisotopic (exact) mass is 412 g/mol. The highest BCUT2D eigenvalue weighted by Gasteiger charge is 2.50. The van der Waals surface area contributed by atoms with Crippen molar-refractivity contribution in [2.45, 2.75) is 103 Å². The average molecular weight is 413 g/mol. The first-order chi connectivity index (χ1) is 11.9. The normalized spacial score (nSPS) is 44.7. The van der Waals surface area contributed by atoms with Gasteiger partial charge < -0.3 is 10.2 Å². The topological polar surface area (TPSA) is 40.5 Å². The van der Waals surface area contributed by atoms with Gasteiger partial charge in [-0.3, -0.25) is 0 Å². The van der Waals surface area contributed by atoms with Gasteiger partial charge in [0.25, 0.3) is 0 Å². The number of rotatable bonds is 5. The third kappa shape index (κ3) is 3.89. The molecule has 3 heteroatoms. The van der Waals surface area contributed by atoms with Gasteiger partial charge in [-0.1, -0.05) is 61.0 Å². The summed E-state index contributed by atoms with van der Waals surface area (Å²) >= 11 is 3.61. The van der Waals surface area contributed by atoms with Crippen molar-refractivity contribution >= 4 is 15.9 Å². The lowest BCUT2D eigenvalue weighted by Gasteiger charge is -2.44. The van der Waals surface area contributed by atoms with E-state index in [1.807, 2.05) is 0 Å². The fourth-order valence-corrected chi connectivity index (χ4v) is 7.12. The van der Waals surface area contributed by atoms with Crippen LogP contribution < -0.4 is 0 Å². The summed E-state index contributed by atoms with van der Waals surface area (Å²) in [5, 5.41) is 21.0. The number of hydrogen-bond donors (Lipinski definition) is 2. The standard InChI is InChI=1S/C22H37BrO2/c1-16(7-5-14-22(25)13-4-3-9-20(22)24)18-10-11-19-17(15-23)8-6-12-21(18,19)2/h15-16,18-20,24-25H,3-14H2,1-2H3/t16-,18-,19?,20?,21-,22-/m1/s1. The number of allylic oxidation sites excluding steroid dienone is 1. The number of aliphatic hydroxyl groups excluding tert-OH is 1. The molecule has 0 amide bonds. The van der Waals surface area contributed by atoms with E-state index in [4.69, 9.17) is 0 Å². The Morgan fingerprint density at radius 3 is 2.72 bits per heavy atom. The molecule has 3 fully saturated rings. The lowest BCUT2D eigenvalue weighted by atomic mass is 9.61. The molecule has 3 saturated carbocycles. The molecular weight excluding hydrogens is 376 g/mol. The summed E-state index contributed by atoms with van der Waals surface area (Å²) in [6, 6.07) is 0. The molecule has 0 bridgehead atoms. The maximum atomic E-state index is 10.8. The van der Waals surface area contributed by atoms with Crippen molar-refractivity contribution in [1.29, 1.82) is 0 Å². The van der Waals surface area contributed by atoms with Crippen LogP contribution in [0.3, 0.4) is 0 Å². The first-order valence-electron chi connectivity index (χ1n) is 10.6. The van der Waals surface area contributed by atoms with Crippen LogP contribution in [0.15, 0.2) is 10.6 Å². The molecule has 2 nitrogen and oxygen atoms in total. The van der Waals surface area contributed by atoms with E-state index in [0.717, 1.165) is 50.4 Å². The van der Waals surface area contributed by atoms with Crippen molar-refractivity contribution in [3.63, 3.8) is 0 Å². The smallest absolute Gasteiger partial charge is 0.0905 e. The molecule has 0 aromatic rings. The Balaban J connectivity index is 1.56. The van der Waals surface area contributed by atoms with Crippen LogP contribution in [-0.4, -0.2) is 21.9 Å². The Hall–Kier alpha value is 0.140. The van der Waals surface area contributed by atoms with Crippen molar-refractivity contribution in [3.8, 4) is 0 Å². The van der Waals surface area contributed by atoms with Crippen LogP contribution in [0.25, 0.3) is 0 Å². The van der Waals surface area contributed by atoms with Crippen molar-refractivity contribution in [2.24, 2.45) is 23.2 Å². The Morgan fingerprint density at radius 2 is 2.00 bits per heavy atom. The largest absolute Gasteiger partial charge is 0.390 e. The Bertz CT molecular complexity index is 490. The minimum atomic E-state index is -0.809. The number of fused-ring (bicyclic) bond motifs is 1. The number of aliphatic hydroxyl groups is 2. The van der Waals surface area contributed by atoms with Crippen LogP contribution in [0.2, 0.25) is 0 Å². The predicted molar refractivity (Wildman–Crippen MR) is 108 cm³/mol. The van der Waals surface area contributed by atoms with Gasteiger partial charge in [0.1, 0.15) is 0 Å². The first-order valence-corrected chi connectivity index (χ1v) is 11.5. The van der Waals surface area contributed by atoms with Gasteiger partial charge in [-0.2, -0.15) is 0 Å². The third-order valence-corrected chi connectivity index (χ3v) is 8.68. The second-order valence-electron chi connectivity index (χ2n) is 9.51. The second kappa shape index (κ2) is 8.02. The van der Waals surface area contributed by atoms with Gasteiger partial charge in [0.05, 0.1) is 11.7 Å². The van der Waals surface area contributed by atoms with Crippen molar-refractivity contribution in [3.05, 3.63) is 10.6 Å². The third-order valence-electron chi connectivity index (χ3n) is 8.09. The van der Waals surface area contributed by atoms with Gasteiger partial charge in [-0.15, -0.1) is 0 Å². The van der Waals surface area contributed by atoms with E-state index < -0.39 is 11.7 Å². The zero-order valence-electron chi connectivity index (χ0n) is 16.1. The predicted octanol–water partition coefficient (Wildman–Crippen LogP) is 5.95. The minimum absolute atomic E-state index is 0.471. The number of hydrogen-bond acceptors (Lipinski definition) is 2. The summed E-state index contributed by atoms with van der Waals surface area (Å²) in [6.45, 7) is 4.98. The molecule has 2 N–H and O–H groups in total. The molecule has 25 heavy (non-hydrogen) atoms. The van der Waals surface area contributed by atoms with Crippen LogP contribution >= 0.6 is 15.9 Å². The zero-order valence-corrected chi connectivity index (χ0v) is 17.7. The molecule has 144 valence electrons. The highest BCUT2D eigenvalue weighted by atomic mass is 79.9. The zero-order chi connectivity index (χ0) is 18.1. The molecule has 2 unspecified atom stereocenters. The fraction of sp³-hybridized carbons (Fsp3) is 0.909. The maximum Gasteiger partial charge on any atom is 0.0905 e. The highest BCUT2D eigenvalue weighted by Crippen LogP contribution is 2.60. The van der Waals surface area contributed by atoms with E-state index in [0.29, 0.717) is 11.3 Å². The highest BCUT2D eigenvalue weighted by molar-refractivity contribution is 9.11. The molecular formula is C22H37BrO2.